The molecule has 0 aromatic heterocycles. The van der Waals surface area contributed by atoms with Crippen LogP contribution in [0, 0.1) is 17.2 Å². The minimum absolute atomic E-state index is 0.234. The van der Waals surface area contributed by atoms with Gasteiger partial charge in [0.2, 0.25) is 0 Å². The quantitative estimate of drug-likeness (QED) is 0.168. The van der Waals surface area contributed by atoms with Gasteiger partial charge in [-0.05, 0) is 75.2 Å². The summed E-state index contributed by atoms with van der Waals surface area (Å²) in [6, 6.07) is 16.2. The van der Waals surface area contributed by atoms with E-state index < -0.39 is 17.9 Å². The number of unbranched alkanes of at least 4 members (excludes halogenated alkanes) is 2. The largest absolute Gasteiger partial charge is 0.494 e. The lowest BCUT2D eigenvalue weighted by molar-refractivity contribution is -0.161. The SMILES string of the molecule is CCOC(=O)C(CCCCCOc1ccc(N=Nc2ccc(C#N)cc2)cc1)C(=O)OCC. The van der Waals surface area contributed by atoms with E-state index in [2.05, 4.69) is 16.3 Å². The molecular formula is C25H29N3O5. The van der Waals surface area contributed by atoms with Gasteiger partial charge in [-0.15, -0.1) is 0 Å². The van der Waals surface area contributed by atoms with Gasteiger partial charge in [-0.1, -0.05) is 12.8 Å². The first-order valence-corrected chi connectivity index (χ1v) is 11.1. The molecule has 0 spiro atoms. The van der Waals surface area contributed by atoms with Gasteiger partial charge in [-0.25, -0.2) is 0 Å². The van der Waals surface area contributed by atoms with Crippen LogP contribution in [-0.2, 0) is 19.1 Å². The summed E-state index contributed by atoms with van der Waals surface area (Å²) in [5.41, 5.74) is 1.94. The van der Waals surface area contributed by atoms with E-state index in [4.69, 9.17) is 19.5 Å². The highest BCUT2D eigenvalue weighted by Gasteiger charge is 2.28. The van der Waals surface area contributed by atoms with Crippen LogP contribution in [0.4, 0.5) is 11.4 Å². The third-order valence-corrected chi connectivity index (χ3v) is 4.66. The lowest BCUT2D eigenvalue weighted by Crippen LogP contribution is -2.28. The topological polar surface area (TPSA) is 110 Å². The standard InChI is InChI=1S/C25H29N3O5/c1-3-31-24(29)23(25(30)32-4-2)8-6-5-7-17-33-22-15-13-21(14-16-22)28-27-20-11-9-19(18-26)10-12-20/h9-16,23H,3-8,17H2,1-2H3. The molecule has 0 radical (unpaired) electrons. The number of rotatable bonds is 13. The van der Waals surface area contributed by atoms with Crippen LogP contribution in [-0.4, -0.2) is 31.8 Å². The molecule has 8 nitrogen and oxygen atoms in total. The number of nitriles is 1. The fourth-order valence-electron chi connectivity index (χ4n) is 2.96. The van der Waals surface area contributed by atoms with E-state index >= 15 is 0 Å². The second-order valence-corrected chi connectivity index (χ2v) is 7.11. The third-order valence-electron chi connectivity index (χ3n) is 4.66. The van der Waals surface area contributed by atoms with Gasteiger partial charge in [-0.3, -0.25) is 9.59 Å². The number of esters is 2. The van der Waals surface area contributed by atoms with Gasteiger partial charge in [-0.2, -0.15) is 15.5 Å². The van der Waals surface area contributed by atoms with Crippen LogP contribution in [0.3, 0.4) is 0 Å². The molecule has 0 aliphatic heterocycles. The monoisotopic (exact) mass is 451 g/mol. The van der Waals surface area contributed by atoms with E-state index in [1.165, 1.54) is 0 Å². The van der Waals surface area contributed by atoms with Gasteiger partial charge < -0.3 is 14.2 Å². The van der Waals surface area contributed by atoms with Crippen molar-refractivity contribution in [2.45, 2.75) is 39.5 Å². The summed E-state index contributed by atoms with van der Waals surface area (Å²) in [6.07, 6.45) is 2.70. The second kappa shape index (κ2) is 14.4. The molecule has 2 aromatic carbocycles. The molecule has 0 unspecified atom stereocenters. The average Bonchev–Trinajstić information content (AvgIpc) is 2.83. The Bertz CT molecular complexity index is 932. The average molecular weight is 452 g/mol. The van der Waals surface area contributed by atoms with E-state index in [0.717, 1.165) is 18.6 Å². The summed E-state index contributed by atoms with van der Waals surface area (Å²) in [4.78, 5) is 23.9. The first kappa shape index (κ1) is 25.5. The number of carbonyl (C=O) groups excluding carboxylic acids is 2. The Morgan fingerprint density at radius 1 is 0.848 bits per heavy atom. The van der Waals surface area contributed by atoms with Crippen molar-refractivity contribution in [1.29, 1.82) is 5.26 Å². The van der Waals surface area contributed by atoms with Gasteiger partial charge in [0.15, 0.2) is 5.92 Å². The van der Waals surface area contributed by atoms with Crippen LogP contribution < -0.4 is 4.74 Å². The predicted molar refractivity (Wildman–Crippen MR) is 122 cm³/mol. The molecule has 33 heavy (non-hydrogen) atoms. The fourth-order valence-corrected chi connectivity index (χ4v) is 2.96. The number of hydrogen-bond donors (Lipinski definition) is 0. The zero-order chi connectivity index (χ0) is 23.9. The van der Waals surface area contributed by atoms with Crippen LogP contribution in [0.2, 0.25) is 0 Å². The molecule has 0 fully saturated rings. The van der Waals surface area contributed by atoms with Gasteiger partial charge in [0.25, 0.3) is 0 Å². The summed E-state index contributed by atoms with van der Waals surface area (Å²) in [5.74, 6) is -1.19. The molecule has 174 valence electrons. The zero-order valence-electron chi connectivity index (χ0n) is 19.0. The number of nitrogens with zero attached hydrogens (tertiary/aromatic N) is 3. The number of ether oxygens (including phenoxy) is 3. The molecule has 0 aliphatic carbocycles. The Morgan fingerprint density at radius 2 is 1.39 bits per heavy atom. The van der Waals surface area contributed by atoms with Crippen molar-refractivity contribution < 1.29 is 23.8 Å². The second-order valence-electron chi connectivity index (χ2n) is 7.11. The van der Waals surface area contributed by atoms with Crippen LogP contribution in [0.15, 0.2) is 58.8 Å². The predicted octanol–water partition coefficient (Wildman–Crippen LogP) is 5.66. The molecule has 0 saturated heterocycles. The molecule has 0 heterocycles. The van der Waals surface area contributed by atoms with Crippen molar-refractivity contribution in [3.63, 3.8) is 0 Å². The molecule has 0 bridgehead atoms. The Hall–Kier alpha value is -3.73. The molecule has 0 amide bonds. The van der Waals surface area contributed by atoms with Crippen LogP contribution >= 0.6 is 0 Å². The fraction of sp³-hybridized carbons (Fsp3) is 0.400. The summed E-state index contributed by atoms with van der Waals surface area (Å²) >= 11 is 0. The molecule has 0 atom stereocenters. The van der Waals surface area contributed by atoms with E-state index in [-0.39, 0.29) is 13.2 Å². The molecule has 2 aromatic rings. The van der Waals surface area contributed by atoms with E-state index in [1.807, 2.05) is 24.3 Å². The third kappa shape index (κ3) is 9.11. The molecule has 8 heteroatoms. The lowest BCUT2D eigenvalue weighted by Gasteiger charge is -2.14. The minimum atomic E-state index is -0.864. The maximum absolute atomic E-state index is 12.0. The Balaban J connectivity index is 1.71. The number of carbonyl (C=O) groups is 2. The van der Waals surface area contributed by atoms with Crippen molar-refractivity contribution in [3.8, 4) is 11.8 Å². The number of azo groups is 1. The van der Waals surface area contributed by atoms with Crippen LogP contribution in [0.1, 0.15) is 45.1 Å². The highest BCUT2D eigenvalue weighted by atomic mass is 16.6. The van der Waals surface area contributed by atoms with Crippen molar-refractivity contribution >= 4 is 23.3 Å². The van der Waals surface area contributed by atoms with E-state index in [0.29, 0.717) is 36.4 Å². The first-order valence-electron chi connectivity index (χ1n) is 11.1. The van der Waals surface area contributed by atoms with Crippen LogP contribution in [0.5, 0.6) is 5.75 Å². The zero-order valence-corrected chi connectivity index (χ0v) is 19.0. The van der Waals surface area contributed by atoms with Crippen molar-refractivity contribution in [3.05, 3.63) is 54.1 Å². The highest BCUT2D eigenvalue weighted by molar-refractivity contribution is 5.94. The van der Waals surface area contributed by atoms with Crippen molar-refractivity contribution in [2.24, 2.45) is 16.1 Å². The maximum atomic E-state index is 12.0. The normalized spacial score (nSPS) is 10.7. The van der Waals surface area contributed by atoms with Gasteiger partial charge in [0, 0.05) is 0 Å². The van der Waals surface area contributed by atoms with E-state index in [1.54, 1.807) is 38.1 Å². The lowest BCUT2D eigenvalue weighted by atomic mass is 10.0. The van der Waals surface area contributed by atoms with E-state index in [9.17, 15) is 9.59 Å². The number of hydrogen-bond acceptors (Lipinski definition) is 8. The van der Waals surface area contributed by atoms with Gasteiger partial charge in [0.1, 0.15) is 5.75 Å². The smallest absolute Gasteiger partial charge is 0.320 e. The van der Waals surface area contributed by atoms with Crippen LogP contribution in [0.25, 0.3) is 0 Å². The molecule has 2 rings (SSSR count). The summed E-state index contributed by atoms with van der Waals surface area (Å²) < 4.78 is 15.7. The summed E-state index contributed by atoms with van der Waals surface area (Å²) in [6.45, 7) is 4.41. The summed E-state index contributed by atoms with van der Waals surface area (Å²) in [7, 11) is 0. The highest BCUT2D eigenvalue weighted by Crippen LogP contribution is 2.22. The summed E-state index contributed by atoms with van der Waals surface area (Å²) in [5, 5.41) is 17.1. The van der Waals surface area contributed by atoms with Crippen molar-refractivity contribution in [2.75, 3.05) is 19.8 Å². The minimum Gasteiger partial charge on any atom is -0.494 e. The molecule has 0 aliphatic rings. The molecule has 0 N–H and O–H groups in total. The Labute approximate surface area is 194 Å². The number of benzene rings is 2. The Morgan fingerprint density at radius 3 is 1.91 bits per heavy atom. The molecular weight excluding hydrogens is 422 g/mol. The van der Waals surface area contributed by atoms with Crippen molar-refractivity contribution in [1.82, 2.24) is 0 Å². The Kier molecular flexibility index (Phi) is 11.1. The molecule has 0 saturated carbocycles. The maximum Gasteiger partial charge on any atom is 0.320 e. The first-order chi connectivity index (χ1) is 16.1. The van der Waals surface area contributed by atoms with Gasteiger partial charge >= 0.3 is 11.9 Å². The van der Waals surface area contributed by atoms with Gasteiger partial charge in [0.05, 0.1) is 42.8 Å².